The molecule has 5 nitrogen and oxygen atoms in total. The van der Waals surface area contributed by atoms with Gasteiger partial charge < -0.3 is 10.2 Å². The Morgan fingerprint density at radius 3 is 2.48 bits per heavy atom. The van der Waals surface area contributed by atoms with Gasteiger partial charge in [-0.25, -0.2) is 9.29 Å². The second kappa shape index (κ2) is 10.1. The summed E-state index contributed by atoms with van der Waals surface area (Å²) in [6, 6.07) is 6.09. The van der Waals surface area contributed by atoms with Gasteiger partial charge >= 0.3 is 6.18 Å². The zero-order chi connectivity index (χ0) is 23.6. The number of alkyl halides is 3. The zero-order valence-corrected chi connectivity index (χ0v) is 20.3. The van der Waals surface area contributed by atoms with E-state index < -0.39 is 11.7 Å². The molecule has 2 aliphatic rings. The molecule has 0 amide bonds. The molecule has 0 radical (unpaired) electrons. The Morgan fingerprint density at radius 2 is 1.82 bits per heavy atom. The molecule has 9 heteroatoms. The van der Waals surface area contributed by atoms with Crippen LogP contribution in [0.15, 0.2) is 29.3 Å². The highest BCUT2D eigenvalue weighted by atomic mass is 32.2. The van der Waals surface area contributed by atoms with E-state index in [0.29, 0.717) is 19.0 Å². The van der Waals surface area contributed by atoms with Gasteiger partial charge in [0, 0.05) is 43.0 Å². The average Bonchev–Trinajstić information content (AvgIpc) is 2.76. The van der Waals surface area contributed by atoms with Gasteiger partial charge in [0.05, 0.1) is 0 Å². The standard InChI is InChI=1S/C24H32F3N5S/c1-16-8-11-32(12-9-16)33-19-6-7-21(18(3)13-19)29-23-28-14-20(24(25,26)27)22(30-23)31-10-4-5-17(2)15-31/h6-7,13-14,16-17H,4-5,8-12,15H2,1-3H3,(H,28,29,30). The summed E-state index contributed by atoms with van der Waals surface area (Å²) >= 11 is 1.76. The van der Waals surface area contributed by atoms with Crippen LogP contribution in [0.3, 0.4) is 0 Å². The third-order valence-electron chi connectivity index (χ3n) is 6.45. The van der Waals surface area contributed by atoms with Crippen LogP contribution in [-0.2, 0) is 6.18 Å². The summed E-state index contributed by atoms with van der Waals surface area (Å²) in [7, 11) is 0. The molecule has 1 aromatic carbocycles. The van der Waals surface area contributed by atoms with Crippen molar-refractivity contribution < 1.29 is 13.2 Å². The van der Waals surface area contributed by atoms with Crippen LogP contribution in [0, 0.1) is 18.8 Å². The van der Waals surface area contributed by atoms with Gasteiger partial charge in [0.15, 0.2) is 0 Å². The lowest BCUT2D eigenvalue weighted by Crippen LogP contribution is -2.36. The first-order valence-electron chi connectivity index (χ1n) is 11.7. The number of aryl methyl sites for hydroxylation is 1. The number of benzene rings is 1. The fourth-order valence-electron chi connectivity index (χ4n) is 4.43. The predicted molar refractivity (Wildman–Crippen MR) is 128 cm³/mol. The largest absolute Gasteiger partial charge is 0.421 e. The van der Waals surface area contributed by atoms with E-state index in [-0.39, 0.29) is 11.8 Å². The molecule has 1 unspecified atom stereocenters. The van der Waals surface area contributed by atoms with E-state index >= 15 is 0 Å². The monoisotopic (exact) mass is 479 g/mol. The van der Waals surface area contributed by atoms with E-state index in [2.05, 4.69) is 39.5 Å². The Hall–Kier alpha value is -2.00. The van der Waals surface area contributed by atoms with E-state index in [0.717, 1.165) is 54.2 Å². The molecule has 2 saturated heterocycles. The van der Waals surface area contributed by atoms with Crippen LogP contribution in [0.5, 0.6) is 0 Å². The molecule has 180 valence electrons. The van der Waals surface area contributed by atoms with Crippen molar-refractivity contribution in [1.29, 1.82) is 0 Å². The minimum atomic E-state index is -4.49. The second-order valence-electron chi connectivity index (χ2n) is 9.43. The molecule has 0 bridgehead atoms. The van der Waals surface area contributed by atoms with Crippen molar-refractivity contribution in [1.82, 2.24) is 14.3 Å². The molecule has 4 rings (SSSR count). The second-order valence-corrected chi connectivity index (χ2v) is 10.6. The van der Waals surface area contributed by atoms with Crippen molar-refractivity contribution >= 4 is 29.4 Å². The van der Waals surface area contributed by atoms with E-state index in [1.54, 1.807) is 16.8 Å². The lowest BCUT2D eigenvalue weighted by atomic mass is 10.00. The van der Waals surface area contributed by atoms with E-state index in [9.17, 15) is 13.2 Å². The third-order valence-corrected chi connectivity index (χ3v) is 7.54. The Morgan fingerprint density at radius 1 is 1.06 bits per heavy atom. The molecule has 1 aromatic heterocycles. The SMILES string of the molecule is Cc1cc(SN2CCC(C)CC2)ccc1Nc1ncc(C(F)(F)F)c(N2CCCC(C)C2)n1. The van der Waals surface area contributed by atoms with Gasteiger partial charge in [-0.05, 0) is 80.2 Å². The maximum atomic E-state index is 13.6. The minimum absolute atomic E-state index is 0.0318. The molecule has 0 saturated carbocycles. The van der Waals surface area contributed by atoms with E-state index in [1.165, 1.54) is 12.8 Å². The van der Waals surface area contributed by atoms with Crippen molar-refractivity contribution in [3.63, 3.8) is 0 Å². The van der Waals surface area contributed by atoms with Crippen LogP contribution in [0.25, 0.3) is 0 Å². The number of halogens is 3. The lowest BCUT2D eigenvalue weighted by Gasteiger charge is -2.33. The number of piperidine rings is 2. The third kappa shape index (κ3) is 6.12. The number of hydrogen-bond acceptors (Lipinski definition) is 6. The maximum absolute atomic E-state index is 13.6. The van der Waals surface area contributed by atoms with E-state index in [1.807, 2.05) is 19.1 Å². The first-order valence-corrected chi connectivity index (χ1v) is 12.5. The first-order chi connectivity index (χ1) is 15.7. The smallest absolute Gasteiger partial charge is 0.356 e. The van der Waals surface area contributed by atoms with Crippen molar-refractivity contribution in [3.05, 3.63) is 35.5 Å². The highest BCUT2D eigenvalue weighted by Gasteiger charge is 2.37. The molecule has 3 heterocycles. The van der Waals surface area contributed by atoms with Crippen LogP contribution in [-0.4, -0.2) is 40.5 Å². The number of nitrogens with one attached hydrogen (secondary N) is 1. The predicted octanol–water partition coefficient (Wildman–Crippen LogP) is 6.52. The number of nitrogens with zero attached hydrogens (tertiary/aromatic N) is 4. The van der Waals surface area contributed by atoms with Crippen LogP contribution >= 0.6 is 11.9 Å². The van der Waals surface area contributed by atoms with Gasteiger partial charge in [-0.15, -0.1) is 0 Å². The number of hydrogen-bond donors (Lipinski definition) is 1. The molecule has 0 spiro atoms. The normalized spacial score (nSPS) is 20.8. The average molecular weight is 480 g/mol. The molecule has 2 aliphatic heterocycles. The molecule has 2 fully saturated rings. The quantitative estimate of drug-likeness (QED) is 0.493. The summed E-state index contributed by atoms with van der Waals surface area (Å²) in [4.78, 5) is 11.2. The molecule has 1 N–H and O–H groups in total. The maximum Gasteiger partial charge on any atom is 0.421 e. The summed E-state index contributed by atoms with van der Waals surface area (Å²) in [6.07, 6.45) is 0.730. The van der Waals surface area contributed by atoms with Gasteiger partial charge in [-0.1, -0.05) is 13.8 Å². The molecule has 0 aliphatic carbocycles. The topological polar surface area (TPSA) is 44.3 Å². The summed E-state index contributed by atoms with van der Waals surface area (Å²) in [5.41, 5.74) is 1.02. The highest BCUT2D eigenvalue weighted by Crippen LogP contribution is 2.37. The number of rotatable bonds is 5. The molecule has 1 atom stereocenters. The van der Waals surface area contributed by atoms with Crippen molar-refractivity contribution in [2.75, 3.05) is 36.4 Å². The molecular formula is C24H32F3N5S. The van der Waals surface area contributed by atoms with Gasteiger partial charge in [-0.2, -0.15) is 18.2 Å². The van der Waals surface area contributed by atoms with Gasteiger partial charge in [0.2, 0.25) is 5.95 Å². The molecule has 2 aromatic rings. The fourth-order valence-corrected chi connectivity index (χ4v) is 5.48. The number of aromatic nitrogens is 2. The van der Waals surface area contributed by atoms with Crippen molar-refractivity contribution in [3.8, 4) is 0 Å². The van der Waals surface area contributed by atoms with E-state index in [4.69, 9.17) is 0 Å². The first kappa shape index (κ1) is 24.1. The van der Waals surface area contributed by atoms with Crippen LogP contribution in [0.1, 0.15) is 50.7 Å². The lowest BCUT2D eigenvalue weighted by molar-refractivity contribution is -0.137. The Bertz CT molecular complexity index is 960. The van der Waals surface area contributed by atoms with Gasteiger partial charge in [0.25, 0.3) is 0 Å². The van der Waals surface area contributed by atoms with Crippen molar-refractivity contribution in [2.45, 2.75) is 57.5 Å². The van der Waals surface area contributed by atoms with Crippen LogP contribution < -0.4 is 10.2 Å². The minimum Gasteiger partial charge on any atom is -0.356 e. The van der Waals surface area contributed by atoms with Crippen molar-refractivity contribution in [2.24, 2.45) is 11.8 Å². The Labute approximate surface area is 198 Å². The highest BCUT2D eigenvalue weighted by molar-refractivity contribution is 7.97. The van der Waals surface area contributed by atoms with Gasteiger partial charge in [0.1, 0.15) is 11.4 Å². The Kier molecular flexibility index (Phi) is 7.38. The summed E-state index contributed by atoms with van der Waals surface area (Å²) < 4.78 is 43.3. The summed E-state index contributed by atoms with van der Waals surface area (Å²) in [5, 5.41) is 3.14. The van der Waals surface area contributed by atoms with Crippen LogP contribution in [0.4, 0.5) is 30.6 Å². The Balaban J connectivity index is 1.51. The zero-order valence-electron chi connectivity index (χ0n) is 19.5. The fraction of sp³-hybridized carbons (Fsp3) is 0.583. The summed E-state index contributed by atoms with van der Waals surface area (Å²) in [6.45, 7) is 9.66. The van der Waals surface area contributed by atoms with Crippen LogP contribution in [0.2, 0.25) is 0 Å². The molecular weight excluding hydrogens is 447 g/mol. The summed E-state index contributed by atoms with van der Waals surface area (Å²) in [5.74, 6) is 1.28. The molecule has 33 heavy (non-hydrogen) atoms. The number of anilines is 3. The van der Waals surface area contributed by atoms with Gasteiger partial charge in [-0.3, -0.25) is 0 Å².